The number of nitrogens with one attached hydrogen (secondary N) is 1. The van der Waals surface area contributed by atoms with Crippen LogP contribution in [-0.2, 0) is 13.1 Å². The average molecular weight is 443 g/mol. The van der Waals surface area contributed by atoms with Crippen molar-refractivity contribution in [2.75, 3.05) is 13.9 Å². The number of methoxy groups -OCH3 is 1. The number of hydrogen-bond acceptors (Lipinski definition) is 7. The Morgan fingerprint density at radius 3 is 2.70 bits per heavy atom. The first-order valence-corrected chi connectivity index (χ1v) is 10.4. The lowest BCUT2D eigenvalue weighted by Gasteiger charge is -2.07. The topological polar surface area (TPSA) is 100 Å². The zero-order valence-electron chi connectivity index (χ0n) is 17.9. The van der Waals surface area contributed by atoms with Crippen molar-refractivity contribution in [2.24, 2.45) is 0 Å². The van der Waals surface area contributed by atoms with Gasteiger partial charge in [-0.1, -0.05) is 30.3 Å². The van der Waals surface area contributed by atoms with Crippen LogP contribution in [0.15, 0.2) is 66.7 Å². The van der Waals surface area contributed by atoms with Crippen LogP contribution >= 0.6 is 0 Å². The van der Waals surface area contributed by atoms with Crippen LogP contribution in [0.25, 0.3) is 11.4 Å². The molecule has 1 N–H and O–H groups in total. The molecule has 1 aliphatic rings. The molecule has 0 spiro atoms. The first-order chi connectivity index (χ1) is 16.2. The molecule has 9 heteroatoms. The van der Waals surface area contributed by atoms with E-state index in [9.17, 15) is 4.79 Å². The van der Waals surface area contributed by atoms with Gasteiger partial charge in [-0.05, 0) is 52.7 Å². The van der Waals surface area contributed by atoms with Crippen molar-refractivity contribution in [3.05, 3.63) is 83.4 Å². The van der Waals surface area contributed by atoms with E-state index in [0.29, 0.717) is 41.5 Å². The van der Waals surface area contributed by atoms with Crippen LogP contribution in [0.4, 0.5) is 0 Å². The molecule has 0 bridgehead atoms. The molecule has 1 aromatic heterocycles. The highest BCUT2D eigenvalue weighted by Gasteiger charge is 2.14. The molecule has 33 heavy (non-hydrogen) atoms. The first-order valence-electron chi connectivity index (χ1n) is 10.4. The molecule has 0 radical (unpaired) electrons. The number of nitrogens with zero attached hydrogens (tertiary/aromatic N) is 4. The molecule has 1 aliphatic heterocycles. The third-order valence-electron chi connectivity index (χ3n) is 5.21. The van der Waals surface area contributed by atoms with E-state index in [1.807, 2.05) is 48.5 Å². The Bertz CT molecular complexity index is 1290. The summed E-state index contributed by atoms with van der Waals surface area (Å²) in [6, 6.07) is 20.4. The number of benzene rings is 3. The van der Waals surface area contributed by atoms with E-state index in [2.05, 4.69) is 20.7 Å². The Balaban J connectivity index is 1.24. The van der Waals surface area contributed by atoms with Gasteiger partial charge in [0.15, 0.2) is 11.5 Å². The van der Waals surface area contributed by atoms with Crippen molar-refractivity contribution < 1.29 is 19.0 Å². The third kappa shape index (κ3) is 4.62. The summed E-state index contributed by atoms with van der Waals surface area (Å²) in [7, 11) is 1.63. The van der Waals surface area contributed by atoms with Crippen LogP contribution in [0.1, 0.15) is 21.5 Å². The maximum atomic E-state index is 12.7. The lowest BCUT2D eigenvalue weighted by molar-refractivity contribution is 0.0951. The summed E-state index contributed by atoms with van der Waals surface area (Å²) in [5.41, 5.74) is 3.18. The minimum atomic E-state index is -0.194. The fourth-order valence-corrected chi connectivity index (χ4v) is 3.45. The number of tetrazole rings is 1. The molecule has 2 heterocycles. The molecule has 1 amide bonds. The highest BCUT2D eigenvalue weighted by atomic mass is 16.7. The summed E-state index contributed by atoms with van der Waals surface area (Å²) in [4.78, 5) is 14.2. The zero-order valence-corrected chi connectivity index (χ0v) is 17.9. The smallest absolute Gasteiger partial charge is 0.251 e. The SMILES string of the molecule is COc1ccc(Cn2nnc(-c3cccc(C(=O)NCc4ccc5c(c4)OCO5)c3)n2)cc1. The van der Waals surface area contributed by atoms with Crippen LogP contribution < -0.4 is 19.5 Å². The predicted octanol–water partition coefficient (Wildman–Crippen LogP) is 3.06. The molecule has 0 aliphatic carbocycles. The Hall–Kier alpha value is -4.40. The molecule has 0 atom stereocenters. The lowest BCUT2D eigenvalue weighted by Crippen LogP contribution is -2.22. The fraction of sp³-hybridized carbons (Fsp3) is 0.167. The fourth-order valence-electron chi connectivity index (χ4n) is 3.45. The normalized spacial score (nSPS) is 11.9. The molecule has 9 nitrogen and oxygen atoms in total. The van der Waals surface area contributed by atoms with E-state index < -0.39 is 0 Å². The van der Waals surface area contributed by atoms with E-state index >= 15 is 0 Å². The van der Waals surface area contributed by atoms with Crippen molar-refractivity contribution in [2.45, 2.75) is 13.1 Å². The molecule has 0 saturated carbocycles. The number of carbonyl (C=O) groups is 1. The molecule has 0 saturated heterocycles. The number of aromatic nitrogens is 4. The van der Waals surface area contributed by atoms with Gasteiger partial charge in [-0.15, -0.1) is 10.2 Å². The average Bonchev–Trinajstić information content (AvgIpc) is 3.52. The number of ether oxygens (including phenoxy) is 3. The Morgan fingerprint density at radius 2 is 1.85 bits per heavy atom. The zero-order chi connectivity index (χ0) is 22.6. The highest BCUT2D eigenvalue weighted by molar-refractivity contribution is 5.95. The van der Waals surface area contributed by atoms with Crippen LogP contribution in [-0.4, -0.2) is 40.0 Å². The monoisotopic (exact) mass is 443 g/mol. The standard InChI is InChI=1S/C24H21N5O4/c1-31-20-8-5-16(6-9-20)14-29-27-23(26-28-29)18-3-2-4-19(12-18)24(30)25-13-17-7-10-21-22(11-17)33-15-32-21/h2-12H,13-15H2,1H3,(H,25,30). The van der Waals surface area contributed by atoms with Crippen molar-refractivity contribution >= 4 is 5.91 Å². The van der Waals surface area contributed by atoms with Gasteiger partial charge in [0, 0.05) is 17.7 Å². The van der Waals surface area contributed by atoms with E-state index in [1.54, 1.807) is 25.3 Å². The summed E-state index contributed by atoms with van der Waals surface area (Å²) in [6.07, 6.45) is 0. The maximum absolute atomic E-state index is 12.7. The largest absolute Gasteiger partial charge is 0.497 e. The molecule has 5 rings (SSSR count). The third-order valence-corrected chi connectivity index (χ3v) is 5.21. The van der Waals surface area contributed by atoms with Gasteiger partial charge in [0.1, 0.15) is 5.75 Å². The van der Waals surface area contributed by atoms with E-state index in [4.69, 9.17) is 14.2 Å². The second-order valence-electron chi connectivity index (χ2n) is 7.44. The Kier molecular flexibility index (Phi) is 5.59. The van der Waals surface area contributed by atoms with Crippen LogP contribution in [0.2, 0.25) is 0 Å². The summed E-state index contributed by atoms with van der Waals surface area (Å²) in [5.74, 6) is 2.45. The minimum absolute atomic E-state index is 0.194. The van der Waals surface area contributed by atoms with E-state index in [0.717, 1.165) is 16.9 Å². The number of amides is 1. The highest BCUT2D eigenvalue weighted by Crippen LogP contribution is 2.32. The van der Waals surface area contributed by atoms with Crippen LogP contribution in [0.5, 0.6) is 17.2 Å². The summed E-state index contributed by atoms with van der Waals surface area (Å²) < 4.78 is 15.9. The first kappa shape index (κ1) is 20.5. The number of rotatable bonds is 7. The van der Waals surface area contributed by atoms with Gasteiger partial charge >= 0.3 is 0 Å². The molecule has 3 aromatic carbocycles. The van der Waals surface area contributed by atoms with Gasteiger partial charge in [-0.3, -0.25) is 4.79 Å². The van der Waals surface area contributed by atoms with Crippen LogP contribution in [0, 0.1) is 0 Å². The van der Waals surface area contributed by atoms with Crippen molar-refractivity contribution in [3.8, 4) is 28.6 Å². The van der Waals surface area contributed by atoms with Crippen molar-refractivity contribution in [3.63, 3.8) is 0 Å². The van der Waals surface area contributed by atoms with Gasteiger partial charge in [0.2, 0.25) is 12.6 Å². The minimum Gasteiger partial charge on any atom is -0.497 e. The second kappa shape index (κ2) is 8.99. The van der Waals surface area contributed by atoms with Crippen LogP contribution in [0.3, 0.4) is 0 Å². The quantitative estimate of drug-likeness (QED) is 0.469. The Morgan fingerprint density at radius 1 is 1.03 bits per heavy atom. The summed E-state index contributed by atoms with van der Waals surface area (Å²) >= 11 is 0. The predicted molar refractivity (Wildman–Crippen MR) is 119 cm³/mol. The maximum Gasteiger partial charge on any atom is 0.251 e. The summed E-state index contributed by atoms with van der Waals surface area (Å²) in [5, 5.41) is 15.7. The second-order valence-corrected chi connectivity index (χ2v) is 7.44. The molecule has 0 unspecified atom stereocenters. The molecular weight excluding hydrogens is 422 g/mol. The van der Waals surface area contributed by atoms with Gasteiger partial charge in [-0.25, -0.2) is 0 Å². The molecule has 4 aromatic rings. The number of hydrogen-bond donors (Lipinski definition) is 1. The van der Waals surface area contributed by atoms with E-state index in [-0.39, 0.29) is 12.7 Å². The van der Waals surface area contributed by atoms with Crippen molar-refractivity contribution in [1.29, 1.82) is 0 Å². The van der Waals surface area contributed by atoms with Crippen molar-refractivity contribution in [1.82, 2.24) is 25.5 Å². The van der Waals surface area contributed by atoms with Gasteiger partial charge in [-0.2, -0.15) is 4.80 Å². The van der Waals surface area contributed by atoms with Gasteiger partial charge < -0.3 is 19.5 Å². The van der Waals surface area contributed by atoms with E-state index in [1.165, 1.54) is 4.80 Å². The molecule has 166 valence electrons. The lowest BCUT2D eigenvalue weighted by atomic mass is 10.1. The van der Waals surface area contributed by atoms with Gasteiger partial charge in [0.05, 0.1) is 13.7 Å². The Labute approximate surface area is 189 Å². The number of fused-ring (bicyclic) bond motifs is 1. The number of carbonyl (C=O) groups excluding carboxylic acids is 1. The van der Waals surface area contributed by atoms with Gasteiger partial charge in [0.25, 0.3) is 5.91 Å². The molecular formula is C24H21N5O4. The molecule has 0 fully saturated rings. The summed E-state index contributed by atoms with van der Waals surface area (Å²) in [6.45, 7) is 1.07.